The van der Waals surface area contributed by atoms with Crippen LogP contribution >= 0.6 is 0 Å². The fourth-order valence-electron chi connectivity index (χ4n) is 0.442. The van der Waals surface area contributed by atoms with Crippen LogP contribution < -0.4 is 4.72 Å². The van der Waals surface area contributed by atoms with Crippen molar-refractivity contribution >= 4 is 10.0 Å². The summed E-state index contributed by atoms with van der Waals surface area (Å²) in [4.78, 5) is 0. The quantitative estimate of drug-likeness (QED) is 0.802. The Morgan fingerprint density at radius 2 is 1.50 bits per heavy atom. The van der Waals surface area contributed by atoms with Crippen LogP contribution in [0, 0.1) is 5.92 Å². The molecule has 0 saturated carbocycles. The molecule has 0 aromatic carbocycles. The molecule has 0 aliphatic heterocycles. The molecular weight excluding hydrogens is 226 g/mol. The molecule has 0 unspecified atom stereocenters. The van der Waals surface area contributed by atoms with Gasteiger partial charge in [0, 0.05) is 6.04 Å². The first-order valence-electron chi connectivity index (χ1n) is 5.64. The molecular formula is C11H27NO3S. The van der Waals surface area contributed by atoms with Crippen LogP contribution in [0.5, 0.6) is 0 Å². The molecule has 16 heavy (non-hydrogen) atoms. The average Bonchev–Trinajstić information content (AvgIpc) is 2.01. The van der Waals surface area contributed by atoms with Crippen molar-refractivity contribution in [3.8, 4) is 0 Å². The van der Waals surface area contributed by atoms with E-state index in [9.17, 15) is 8.42 Å². The van der Waals surface area contributed by atoms with Crippen LogP contribution in [0.1, 0.15) is 48.5 Å². The molecule has 0 atom stereocenters. The summed E-state index contributed by atoms with van der Waals surface area (Å²) < 4.78 is 23.8. The SMILES string of the molecule is CC(C)C(C)(C)O.CCS(=O)(=O)NC(C)C. The lowest BCUT2D eigenvalue weighted by Gasteiger charge is -2.21. The highest BCUT2D eigenvalue weighted by Crippen LogP contribution is 2.12. The van der Waals surface area contributed by atoms with Gasteiger partial charge in [0.1, 0.15) is 0 Å². The van der Waals surface area contributed by atoms with Gasteiger partial charge in [0.15, 0.2) is 0 Å². The maximum absolute atomic E-state index is 10.7. The van der Waals surface area contributed by atoms with Gasteiger partial charge in [-0.1, -0.05) is 13.8 Å². The summed E-state index contributed by atoms with van der Waals surface area (Å²) in [7, 11) is -2.97. The molecule has 0 rings (SSSR count). The highest BCUT2D eigenvalue weighted by atomic mass is 32.2. The summed E-state index contributed by atoms with van der Waals surface area (Å²) in [6.45, 7) is 12.8. The van der Waals surface area contributed by atoms with E-state index in [1.54, 1.807) is 20.8 Å². The fourth-order valence-corrected chi connectivity index (χ4v) is 1.33. The van der Waals surface area contributed by atoms with Crippen molar-refractivity contribution in [1.29, 1.82) is 0 Å². The van der Waals surface area contributed by atoms with Gasteiger partial charge in [0.25, 0.3) is 0 Å². The number of hydrogen-bond donors (Lipinski definition) is 2. The topological polar surface area (TPSA) is 66.4 Å². The second-order valence-corrected chi connectivity index (χ2v) is 7.03. The minimum Gasteiger partial charge on any atom is -0.390 e. The van der Waals surface area contributed by atoms with Crippen molar-refractivity contribution in [3.63, 3.8) is 0 Å². The molecule has 2 N–H and O–H groups in total. The van der Waals surface area contributed by atoms with Crippen LogP contribution in [-0.4, -0.2) is 30.9 Å². The van der Waals surface area contributed by atoms with E-state index in [1.165, 1.54) is 0 Å². The van der Waals surface area contributed by atoms with Crippen LogP contribution in [0.3, 0.4) is 0 Å². The first-order valence-corrected chi connectivity index (χ1v) is 7.30. The van der Waals surface area contributed by atoms with Crippen molar-refractivity contribution < 1.29 is 13.5 Å². The zero-order valence-electron chi connectivity index (χ0n) is 11.5. The number of aliphatic hydroxyl groups is 1. The predicted molar refractivity (Wildman–Crippen MR) is 68.9 cm³/mol. The Hall–Kier alpha value is -0.130. The summed E-state index contributed by atoms with van der Waals surface area (Å²) in [5, 5.41) is 9.09. The third kappa shape index (κ3) is 11.9. The van der Waals surface area contributed by atoms with Crippen molar-refractivity contribution in [3.05, 3.63) is 0 Å². The Morgan fingerprint density at radius 3 is 1.56 bits per heavy atom. The molecule has 0 bridgehead atoms. The molecule has 0 fully saturated rings. The molecule has 0 aliphatic rings. The number of nitrogens with one attached hydrogen (secondary N) is 1. The van der Waals surface area contributed by atoms with Gasteiger partial charge in [-0.15, -0.1) is 0 Å². The molecule has 0 radical (unpaired) electrons. The van der Waals surface area contributed by atoms with E-state index in [2.05, 4.69) is 4.72 Å². The van der Waals surface area contributed by atoms with E-state index in [0.717, 1.165) is 0 Å². The third-order valence-corrected chi connectivity index (χ3v) is 3.80. The standard InChI is InChI=1S/C6H14O.C5H13NO2S/c1-5(2)6(3,4)7;1-4-9(7,8)6-5(2)3/h5,7H,1-4H3;5-6H,4H2,1-3H3. The molecule has 0 amide bonds. The van der Waals surface area contributed by atoms with Crippen LogP contribution in [-0.2, 0) is 10.0 Å². The van der Waals surface area contributed by atoms with E-state index in [0.29, 0.717) is 5.92 Å². The second-order valence-electron chi connectivity index (χ2n) is 4.98. The van der Waals surface area contributed by atoms with Crippen LogP contribution in [0.15, 0.2) is 0 Å². The lowest BCUT2D eigenvalue weighted by molar-refractivity contribution is 0.0327. The lowest BCUT2D eigenvalue weighted by atomic mass is 9.95. The van der Waals surface area contributed by atoms with E-state index in [4.69, 9.17) is 5.11 Å². The van der Waals surface area contributed by atoms with Crippen molar-refractivity contribution in [1.82, 2.24) is 4.72 Å². The predicted octanol–water partition coefficient (Wildman–Crippen LogP) is 1.75. The van der Waals surface area contributed by atoms with Crippen LogP contribution in [0.4, 0.5) is 0 Å². The zero-order chi connectivity index (χ0) is 13.6. The van der Waals surface area contributed by atoms with Gasteiger partial charge in [0.2, 0.25) is 10.0 Å². The molecule has 0 saturated heterocycles. The minimum absolute atomic E-state index is 0.00921. The molecule has 0 aromatic heterocycles. The molecule has 0 heterocycles. The third-order valence-electron chi connectivity index (χ3n) is 2.21. The van der Waals surface area contributed by atoms with E-state index in [-0.39, 0.29) is 11.8 Å². The zero-order valence-corrected chi connectivity index (χ0v) is 12.4. The first-order chi connectivity index (χ1) is 6.92. The molecule has 0 aliphatic carbocycles. The summed E-state index contributed by atoms with van der Waals surface area (Å²) in [6, 6.07) is 0.00921. The van der Waals surface area contributed by atoms with Gasteiger partial charge in [-0.2, -0.15) is 0 Å². The highest BCUT2D eigenvalue weighted by Gasteiger charge is 2.16. The normalized spacial score (nSPS) is 12.6. The Labute approximate surface area is 100 Å². The summed E-state index contributed by atoms with van der Waals surface area (Å²) >= 11 is 0. The molecule has 100 valence electrons. The Balaban J connectivity index is 0. The Bertz CT molecular complexity index is 263. The molecule has 0 spiro atoms. The fraction of sp³-hybridized carbons (Fsp3) is 1.00. The smallest absolute Gasteiger partial charge is 0.211 e. The average molecular weight is 253 g/mol. The van der Waals surface area contributed by atoms with Gasteiger partial charge in [-0.25, -0.2) is 13.1 Å². The number of rotatable bonds is 4. The summed E-state index contributed by atoms with van der Waals surface area (Å²) in [5.74, 6) is 0.512. The molecule has 4 nitrogen and oxygen atoms in total. The molecule has 5 heteroatoms. The Morgan fingerprint density at radius 1 is 1.19 bits per heavy atom. The van der Waals surface area contributed by atoms with E-state index in [1.807, 2.05) is 27.7 Å². The number of hydrogen-bond acceptors (Lipinski definition) is 3. The van der Waals surface area contributed by atoms with E-state index < -0.39 is 15.6 Å². The van der Waals surface area contributed by atoms with Crippen LogP contribution in [0.25, 0.3) is 0 Å². The summed E-state index contributed by atoms with van der Waals surface area (Å²) in [5.41, 5.74) is -0.500. The van der Waals surface area contributed by atoms with Crippen molar-refractivity contribution in [2.24, 2.45) is 5.92 Å². The highest BCUT2D eigenvalue weighted by molar-refractivity contribution is 7.89. The summed E-state index contributed by atoms with van der Waals surface area (Å²) in [6.07, 6.45) is 0. The van der Waals surface area contributed by atoms with Crippen molar-refractivity contribution in [2.45, 2.75) is 60.1 Å². The van der Waals surface area contributed by atoms with Gasteiger partial charge < -0.3 is 5.11 Å². The monoisotopic (exact) mass is 253 g/mol. The van der Waals surface area contributed by atoms with Gasteiger partial charge in [-0.3, -0.25) is 0 Å². The van der Waals surface area contributed by atoms with Crippen molar-refractivity contribution in [2.75, 3.05) is 5.75 Å². The molecule has 0 aromatic rings. The van der Waals surface area contributed by atoms with Gasteiger partial charge in [-0.05, 0) is 40.5 Å². The van der Waals surface area contributed by atoms with Gasteiger partial charge in [0.05, 0.1) is 11.4 Å². The maximum atomic E-state index is 10.7. The number of sulfonamides is 1. The van der Waals surface area contributed by atoms with Crippen LogP contribution in [0.2, 0.25) is 0 Å². The van der Waals surface area contributed by atoms with E-state index >= 15 is 0 Å². The largest absolute Gasteiger partial charge is 0.390 e. The minimum atomic E-state index is -2.97. The second kappa shape index (κ2) is 7.25. The first kappa shape index (κ1) is 18.2. The maximum Gasteiger partial charge on any atom is 0.211 e. The van der Waals surface area contributed by atoms with Gasteiger partial charge >= 0.3 is 0 Å². The lowest BCUT2D eigenvalue weighted by Crippen LogP contribution is -2.31. The Kier molecular flexibility index (Phi) is 8.26.